The number of nitrogens with one attached hydrogen (secondary N) is 1. The Morgan fingerprint density at radius 2 is 2.03 bits per heavy atom. The first-order valence-corrected chi connectivity index (χ1v) is 9.45. The highest BCUT2D eigenvalue weighted by atomic mass is 19.1. The molecule has 1 fully saturated rings. The van der Waals surface area contributed by atoms with Gasteiger partial charge in [-0.15, -0.1) is 0 Å². The third-order valence-electron chi connectivity index (χ3n) is 5.01. The molecule has 0 aliphatic carbocycles. The van der Waals surface area contributed by atoms with E-state index in [2.05, 4.69) is 15.4 Å². The molecule has 3 aromatic rings. The lowest BCUT2D eigenvalue weighted by Crippen LogP contribution is -2.52. The molecule has 3 heterocycles. The molecule has 1 aromatic carbocycles. The number of hydrogen-bond donors (Lipinski definition) is 1. The van der Waals surface area contributed by atoms with E-state index in [0.717, 1.165) is 24.2 Å². The Morgan fingerprint density at radius 1 is 1.26 bits per heavy atom. The molecule has 1 saturated heterocycles. The second-order valence-electron chi connectivity index (χ2n) is 7.33. The Labute approximate surface area is 175 Å². The normalized spacial score (nSPS) is 13.7. The molecule has 160 valence electrons. The SMILES string of the molecule is Cn1ccc(CC2CN(C(=O)Nc3nc(-c4ccc(F)cc4F)ccc3[N+](=O)[O-])C2)n1. The van der Waals surface area contributed by atoms with Gasteiger partial charge in [-0.25, -0.2) is 18.6 Å². The number of aromatic nitrogens is 3. The molecule has 1 aliphatic heterocycles. The third kappa shape index (κ3) is 4.34. The summed E-state index contributed by atoms with van der Waals surface area (Å²) in [6.07, 6.45) is 2.57. The zero-order chi connectivity index (χ0) is 22.1. The highest BCUT2D eigenvalue weighted by Gasteiger charge is 2.32. The monoisotopic (exact) mass is 428 g/mol. The Balaban J connectivity index is 1.48. The molecule has 31 heavy (non-hydrogen) atoms. The summed E-state index contributed by atoms with van der Waals surface area (Å²) in [5.74, 6) is -1.68. The highest BCUT2D eigenvalue weighted by molar-refractivity contribution is 5.91. The van der Waals surface area contributed by atoms with E-state index in [1.54, 1.807) is 4.68 Å². The number of aryl methyl sites for hydroxylation is 1. The summed E-state index contributed by atoms with van der Waals surface area (Å²) < 4.78 is 29.0. The van der Waals surface area contributed by atoms with Gasteiger partial charge in [-0.3, -0.25) is 20.1 Å². The van der Waals surface area contributed by atoms with Crippen LogP contribution in [0.15, 0.2) is 42.6 Å². The van der Waals surface area contributed by atoms with Crippen molar-refractivity contribution in [2.24, 2.45) is 13.0 Å². The molecule has 2 aromatic heterocycles. The van der Waals surface area contributed by atoms with Crippen LogP contribution in [-0.4, -0.2) is 43.7 Å². The van der Waals surface area contributed by atoms with E-state index < -0.39 is 28.3 Å². The van der Waals surface area contributed by atoms with Gasteiger partial charge in [-0.05, 0) is 36.6 Å². The quantitative estimate of drug-likeness (QED) is 0.495. The van der Waals surface area contributed by atoms with E-state index in [9.17, 15) is 23.7 Å². The van der Waals surface area contributed by atoms with Crippen LogP contribution >= 0.6 is 0 Å². The van der Waals surface area contributed by atoms with Crippen LogP contribution < -0.4 is 5.32 Å². The van der Waals surface area contributed by atoms with Crippen molar-refractivity contribution >= 4 is 17.5 Å². The summed E-state index contributed by atoms with van der Waals surface area (Å²) in [6.45, 7) is 0.949. The number of likely N-dealkylation sites (tertiary alicyclic amines) is 1. The lowest BCUT2D eigenvalue weighted by atomic mass is 9.95. The van der Waals surface area contributed by atoms with Gasteiger partial charge in [0.1, 0.15) is 11.6 Å². The number of nitrogens with zero attached hydrogens (tertiary/aromatic N) is 5. The fourth-order valence-electron chi connectivity index (χ4n) is 3.45. The number of pyridine rings is 1. The van der Waals surface area contributed by atoms with E-state index in [1.165, 1.54) is 17.0 Å². The first kappa shape index (κ1) is 20.4. The topological polar surface area (TPSA) is 106 Å². The van der Waals surface area contributed by atoms with Crippen molar-refractivity contribution < 1.29 is 18.5 Å². The molecule has 1 aliphatic rings. The van der Waals surface area contributed by atoms with Crippen LogP contribution in [0.2, 0.25) is 0 Å². The van der Waals surface area contributed by atoms with Gasteiger partial charge >= 0.3 is 11.7 Å². The average Bonchev–Trinajstić information content (AvgIpc) is 3.09. The fourth-order valence-corrected chi connectivity index (χ4v) is 3.45. The third-order valence-corrected chi connectivity index (χ3v) is 5.01. The van der Waals surface area contributed by atoms with Crippen molar-refractivity contribution in [3.8, 4) is 11.3 Å². The molecule has 0 bridgehead atoms. The zero-order valence-electron chi connectivity index (χ0n) is 16.5. The number of urea groups is 1. The highest BCUT2D eigenvalue weighted by Crippen LogP contribution is 2.29. The summed E-state index contributed by atoms with van der Waals surface area (Å²) in [4.78, 5) is 28.7. The fraction of sp³-hybridized carbons (Fsp3) is 0.250. The number of nitro groups is 1. The Kier molecular flexibility index (Phi) is 5.32. The standard InChI is InChI=1S/C20H18F2N6O3/c1-26-7-6-14(25-26)8-12-10-27(11-12)20(29)24-19-18(28(30)31)5-4-17(23-19)15-3-2-13(21)9-16(15)22/h2-7,9,12H,8,10-11H2,1H3,(H,23,24,29). The van der Waals surface area contributed by atoms with Gasteiger partial charge in [0.15, 0.2) is 0 Å². The molecule has 1 N–H and O–H groups in total. The predicted octanol–water partition coefficient (Wildman–Crippen LogP) is 3.37. The molecule has 0 spiro atoms. The van der Waals surface area contributed by atoms with Gasteiger partial charge in [0, 0.05) is 44.0 Å². The van der Waals surface area contributed by atoms with Crippen LogP contribution in [0.3, 0.4) is 0 Å². The van der Waals surface area contributed by atoms with Gasteiger partial charge in [0.05, 0.1) is 16.3 Å². The summed E-state index contributed by atoms with van der Waals surface area (Å²) in [5.41, 5.74) is 0.505. The van der Waals surface area contributed by atoms with Crippen LogP contribution in [0.1, 0.15) is 5.69 Å². The lowest BCUT2D eigenvalue weighted by Gasteiger charge is -2.38. The molecule has 9 nitrogen and oxygen atoms in total. The van der Waals surface area contributed by atoms with E-state index in [0.29, 0.717) is 19.2 Å². The molecular formula is C20H18F2N6O3. The van der Waals surface area contributed by atoms with Crippen molar-refractivity contribution in [2.45, 2.75) is 6.42 Å². The van der Waals surface area contributed by atoms with Gasteiger partial charge in [-0.1, -0.05) is 0 Å². The van der Waals surface area contributed by atoms with E-state index >= 15 is 0 Å². The maximum atomic E-state index is 14.1. The smallest absolute Gasteiger partial charge is 0.323 e. The van der Waals surface area contributed by atoms with Crippen LogP contribution in [-0.2, 0) is 13.5 Å². The second kappa shape index (κ2) is 8.09. The molecule has 0 radical (unpaired) electrons. The average molecular weight is 428 g/mol. The number of hydrogen-bond acceptors (Lipinski definition) is 5. The van der Waals surface area contributed by atoms with Crippen LogP contribution in [0.5, 0.6) is 0 Å². The zero-order valence-corrected chi connectivity index (χ0v) is 16.5. The molecule has 2 amide bonds. The Bertz CT molecular complexity index is 1160. The number of carbonyl (C=O) groups excluding carboxylic acids is 1. The summed E-state index contributed by atoms with van der Waals surface area (Å²) in [6, 6.07) is 6.68. The number of halogens is 2. The Morgan fingerprint density at radius 3 is 2.68 bits per heavy atom. The number of rotatable bonds is 5. The maximum Gasteiger partial charge on any atom is 0.323 e. The molecule has 0 unspecified atom stereocenters. The molecule has 0 saturated carbocycles. The number of amides is 2. The number of benzene rings is 1. The molecular weight excluding hydrogens is 410 g/mol. The van der Waals surface area contributed by atoms with Gasteiger partial charge < -0.3 is 4.90 Å². The Hall–Kier alpha value is -3.89. The van der Waals surface area contributed by atoms with Crippen molar-refractivity contribution in [1.82, 2.24) is 19.7 Å². The van der Waals surface area contributed by atoms with Crippen LogP contribution in [0.4, 0.5) is 25.1 Å². The first-order valence-electron chi connectivity index (χ1n) is 9.45. The van der Waals surface area contributed by atoms with E-state index in [-0.39, 0.29) is 23.0 Å². The van der Waals surface area contributed by atoms with Crippen molar-refractivity contribution in [3.05, 3.63) is 70.0 Å². The summed E-state index contributed by atoms with van der Waals surface area (Å²) >= 11 is 0. The van der Waals surface area contributed by atoms with Crippen molar-refractivity contribution in [1.29, 1.82) is 0 Å². The predicted molar refractivity (Wildman–Crippen MR) is 107 cm³/mol. The summed E-state index contributed by atoms with van der Waals surface area (Å²) in [5, 5.41) is 18.1. The minimum atomic E-state index is -0.862. The van der Waals surface area contributed by atoms with Gasteiger partial charge in [0.2, 0.25) is 5.82 Å². The number of anilines is 1. The van der Waals surface area contributed by atoms with Crippen molar-refractivity contribution in [2.75, 3.05) is 18.4 Å². The van der Waals surface area contributed by atoms with Crippen LogP contribution in [0.25, 0.3) is 11.3 Å². The molecule has 11 heteroatoms. The largest absolute Gasteiger partial charge is 0.324 e. The minimum absolute atomic E-state index is 0.0360. The minimum Gasteiger partial charge on any atom is -0.324 e. The van der Waals surface area contributed by atoms with Crippen molar-refractivity contribution in [3.63, 3.8) is 0 Å². The van der Waals surface area contributed by atoms with E-state index in [1.807, 2.05) is 19.3 Å². The number of carbonyl (C=O) groups is 1. The van der Waals surface area contributed by atoms with E-state index in [4.69, 9.17) is 0 Å². The van der Waals surface area contributed by atoms with Gasteiger partial charge in [0.25, 0.3) is 0 Å². The second-order valence-corrected chi connectivity index (χ2v) is 7.33. The first-order chi connectivity index (χ1) is 14.8. The molecule has 4 rings (SSSR count). The lowest BCUT2D eigenvalue weighted by molar-refractivity contribution is -0.384. The molecule has 0 atom stereocenters. The summed E-state index contributed by atoms with van der Waals surface area (Å²) in [7, 11) is 1.83. The maximum absolute atomic E-state index is 14.1. The van der Waals surface area contributed by atoms with Gasteiger partial charge in [-0.2, -0.15) is 5.10 Å². The van der Waals surface area contributed by atoms with Crippen LogP contribution in [0, 0.1) is 27.7 Å².